The van der Waals surface area contributed by atoms with Gasteiger partial charge in [-0.15, -0.1) is 11.8 Å². The summed E-state index contributed by atoms with van der Waals surface area (Å²) in [6, 6.07) is 7.63. The zero-order chi connectivity index (χ0) is 14.8. The third-order valence-electron chi connectivity index (χ3n) is 4.47. The van der Waals surface area contributed by atoms with Crippen LogP contribution in [0.1, 0.15) is 48.0 Å². The average molecular weight is 302 g/mol. The van der Waals surface area contributed by atoms with Gasteiger partial charge in [0.15, 0.2) is 0 Å². The van der Waals surface area contributed by atoms with Crippen LogP contribution in [0.25, 0.3) is 0 Å². The molecule has 1 saturated heterocycles. The van der Waals surface area contributed by atoms with Crippen LogP contribution in [0.5, 0.6) is 0 Å². The maximum atomic E-state index is 12.7. The summed E-state index contributed by atoms with van der Waals surface area (Å²) in [6.07, 6.45) is 2.12. The highest BCUT2D eigenvalue weighted by Crippen LogP contribution is 2.56. The number of fused-ring (bicyclic) bond motifs is 3. The number of hydrogen-bond donors (Lipinski definition) is 1. The quantitative estimate of drug-likeness (QED) is 0.912. The summed E-state index contributed by atoms with van der Waals surface area (Å²) in [7, 11) is 0. The molecule has 2 fully saturated rings. The van der Waals surface area contributed by atoms with Gasteiger partial charge in [0.1, 0.15) is 11.4 Å². The van der Waals surface area contributed by atoms with Gasteiger partial charge in [-0.1, -0.05) is 18.2 Å². The highest BCUT2D eigenvalue weighted by molar-refractivity contribution is 8.01. The minimum Gasteiger partial charge on any atom is -0.352 e. The summed E-state index contributed by atoms with van der Waals surface area (Å²) >= 11 is 1.71. The van der Waals surface area contributed by atoms with E-state index in [2.05, 4.69) is 19.2 Å². The molecule has 2 aliphatic heterocycles. The Kier molecular flexibility index (Phi) is 2.67. The van der Waals surface area contributed by atoms with Crippen LogP contribution in [0.2, 0.25) is 0 Å². The first kappa shape index (κ1) is 13.2. The van der Waals surface area contributed by atoms with Crippen LogP contribution < -0.4 is 5.32 Å². The lowest BCUT2D eigenvalue weighted by atomic mass is 10.0. The van der Waals surface area contributed by atoms with E-state index in [4.69, 9.17) is 0 Å². The van der Waals surface area contributed by atoms with Crippen molar-refractivity contribution in [2.75, 3.05) is 0 Å². The van der Waals surface area contributed by atoms with Crippen LogP contribution in [-0.2, 0) is 4.79 Å². The Balaban J connectivity index is 1.72. The van der Waals surface area contributed by atoms with Crippen LogP contribution in [0.4, 0.5) is 0 Å². The van der Waals surface area contributed by atoms with Gasteiger partial charge in [0.25, 0.3) is 5.91 Å². The second kappa shape index (κ2) is 4.26. The fraction of sp³-hybridized carbons (Fsp3) is 0.500. The molecule has 1 N–H and O–H groups in total. The van der Waals surface area contributed by atoms with Crippen molar-refractivity contribution < 1.29 is 9.59 Å². The molecule has 1 aromatic carbocycles. The number of benzene rings is 1. The smallest absolute Gasteiger partial charge is 0.256 e. The minimum absolute atomic E-state index is 0.00124. The predicted octanol–water partition coefficient (Wildman–Crippen LogP) is 2.31. The molecule has 2 amide bonds. The topological polar surface area (TPSA) is 49.4 Å². The van der Waals surface area contributed by atoms with Crippen molar-refractivity contribution >= 4 is 23.6 Å². The predicted molar refractivity (Wildman–Crippen MR) is 82.0 cm³/mol. The van der Waals surface area contributed by atoms with E-state index in [0.717, 1.165) is 24.0 Å². The van der Waals surface area contributed by atoms with E-state index in [-0.39, 0.29) is 21.9 Å². The number of carbonyl (C=O) groups is 2. The van der Waals surface area contributed by atoms with Gasteiger partial charge in [-0.2, -0.15) is 0 Å². The summed E-state index contributed by atoms with van der Waals surface area (Å²) < 4.78 is -0.271. The molecule has 1 aliphatic carbocycles. The molecule has 4 nitrogen and oxygen atoms in total. The molecule has 0 radical (unpaired) electrons. The van der Waals surface area contributed by atoms with Crippen LogP contribution in [0, 0.1) is 0 Å². The first-order chi connectivity index (χ1) is 9.99. The van der Waals surface area contributed by atoms with Crippen molar-refractivity contribution in [1.29, 1.82) is 0 Å². The number of nitrogens with zero attached hydrogens (tertiary/aromatic N) is 1. The molecule has 5 heteroatoms. The number of nitrogens with one attached hydrogen (secondary N) is 1. The Hall–Kier alpha value is -1.49. The van der Waals surface area contributed by atoms with Gasteiger partial charge in [0.05, 0.1) is 0 Å². The Morgan fingerprint density at radius 3 is 2.76 bits per heavy atom. The molecule has 0 bridgehead atoms. The minimum atomic E-state index is -0.395. The lowest BCUT2D eigenvalue weighted by molar-refractivity contribution is -0.126. The SMILES string of the molecule is CC1(C)SC2c3ccccc3C(=O)N2[C@@H]1C(=O)NC1CC1. The second-order valence-electron chi connectivity index (χ2n) is 6.56. The van der Waals surface area contributed by atoms with E-state index < -0.39 is 6.04 Å². The van der Waals surface area contributed by atoms with Crippen molar-refractivity contribution in [2.45, 2.75) is 48.9 Å². The summed E-state index contributed by atoms with van der Waals surface area (Å²) in [5.41, 5.74) is 1.79. The number of hydrogen-bond acceptors (Lipinski definition) is 3. The normalized spacial score (nSPS) is 29.2. The van der Waals surface area contributed by atoms with Crippen LogP contribution in [-0.4, -0.2) is 33.5 Å². The van der Waals surface area contributed by atoms with Crippen molar-refractivity contribution in [2.24, 2.45) is 0 Å². The molecular weight excluding hydrogens is 284 g/mol. The van der Waals surface area contributed by atoms with Crippen LogP contribution >= 0.6 is 11.8 Å². The van der Waals surface area contributed by atoms with Crippen LogP contribution in [0.15, 0.2) is 24.3 Å². The lowest BCUT2D eigenvalue weighted by Gasteiger charge is -2.29. The zero-order valence-corrected chi connectivity index (χ0v) is 12.9. The maximum absolute atomic E-state index is 12.7. The van der Waals surface area contributed by atoms with E-state index in [9.17, 15) is 9.59 Å². The first-order valence-corrected chi connectivity index (χ1v) is 8.27. The van der Waals surface area contributed by atoms with Gasteiger partial charge in [0, 0.05) is 16.4 Å². The molecule has 1 saturated carbocycles. The molecule has 110 valence electrons. The molecule has 1 unspecified atom stereocenters. The van der Waals surface area contributed by atoms with E-state index >= 15 is 0 Å². The second-order valence-corrected chi connectivity index (χ2v) is 8.29. The van der Waals surface area contributed by atoms with E-state index in [1.807, 2.05) is 24.3 Å². The van der Waals surface area contributed by atoms with Gasteiger partial charge < -0.3 is 10.2 Å². The fourth-order valence-corrected chi connectivity index (χ4v) is 4.90. The highest BCUT2D eigenvalue weighted by Gasteiger charge is 2.57. The first-order valence-electron chi connectivity index (χ1n) is 7.39. The molecule has 2 heterocycles. The van der Waals surface area contributed by atoms with Gasteiger partial charge >= 0.3 is 0 Å². The van der Waals surface area contributed by atoms with Crippen molar-refractivity contribution in [3.05, 3.63) is 35.4 Å². The third kappa shape index (κ3) is 1.90. The van der Waals surface area contributed by atoms with Gasteiger partial charge in [0.2, 0.25) is 5.91 Å². The fourth-order valence-electron chi connectivity index (χ4n) is 3.31. The summed E-state index contributed by atoms with van der Waals surface area (Å²) in [4.78, 5) is 27.1. The van der Waals surface area contributed by atoms with E-state index in [1.165, 1.54) is 0 Å². The molecule has 0 aromatic heterocycles. The summed E-state index contributed by atoms with van der Waals surface area (Å²) in [6.45, 7) is 4.12. The average Bonchev–Trinajstić information content (AvgIpc) is 3.14. The Morgan fingerprint density at radius 1 is 1.33 bits per heavy atom. The monoisotopic (exact) mass is 302 g/mol. The molecular formula is C16H18N2O2S. The zero-order valence-electron chi connectivity index (χ0n) is 12.1. The van der Waals surface area contributed by atoms with Gasteiger partial charge in [-0.25, -0.2) is 0 Å². The Labute approximate surface area is 128 Å². The largest absolute Gasteiger partial charge is 0.352 e. The summed E-state index contributed by atoms with van der Waals surface area (Å²) in [5.74, 6) is -0.0109. The molecule has 3 aliphatic rings. The molecule has 4 rings (SSSR count). The number of rotatable bonds is 2. The lowest BCUT2D eigenvalue weighted by Crippen LogP contribution is -2.52. The Bertz CT molecular complexity index is 639. The van der Waals surface area contributed by atoms with E-state index in [1.54, 1.807) is 16.7 Å². The molecule has 1 aromatic rings. The molecule has 0 spiro atoms. The van der Waals surface area contributed by atoms with Gasteiger partial charge in [-0.3, -0.25) is 9.59 Å². The van der Waals surface area contributed by atoms with Gasteiger partial charge in [-0.05, 0) is 38.3 Å². The van der Waals surface area contributed by atoms with Crippen molar-refractivity contribution in [3.63, 3.8) is 0 Å². The maximum Gasteiger partial charge on any atom is 0.256 e. The molecule has 21 heavy (non-hydrogen) atoms. The highest BCUT2D eigenvalue weighted by atomic mass is 32.2. The third-order valence-corrected chi connectivity index (χ3v) is 6.00. The summed E-state index contributed by atoms with van der Waals surface area (Å²) in [5, 5.41) is 3.04. The Morgan fingerprint density at radius 2 is 2.05 bits per heavy atom. The molecule has 2 atom stereocenters. The van der Waals surface area contributed by atoms with Crippen molar-refractivity contribution in [3.8, 4) is 0 Å². The van der Waals surface area contributed by atoms with Crippen molar-refractivity contribution in [1.82, 2.24) is 10.2 Å². The standard InChI is InChI=1S/C16H18N2O2S/c1-16(2)12(13(19)17-9-7-8-9)18-14(20)10-5-3-4-6-11(10)15(18)21-16/h3-6,9,12,15H,7-8H2,1-2H3,(H,17,19)/t12-,15?/m1/s1. The number of amides is 2. The number of thioether (sulfide) groups is 1. The van der Waals surface area contributed by atoms with E-state index in [0.29, 0.717) is 6.04 Å². The van der Waals surface area contributed by atoms with Crippen LogP contribution in [0.3, 0.4) is 0 Å². The number of carbonyl (C=O) groups excluding carboxylic acids is 2.